The molecule has 0 unspecified atom stereocenters. The van der Waals surface area contributed by atoms with Crippen molar-refractivity contribution in [2.75, 3.05) is 0 Å². The van der Waals surface area contributed by atoms with Gasteiger partial charge in [-0.2, -0.15) is 10.4 Å². The summed E-state index contributed by atoms with van der Waals surface area (Å²) in [5, 5.41) is 13.0. The Morgan fingerprint density at radius 2 is 2.00 bits per heavy atom. The van der Waals surface area contributed by atoms with Crippen LogP contribution in [0.3, 0.4) is 0 Å². The maximum atomic E-state index is 13.5. The molecular weight excluding hydrogens is 321 g/mol. The third-order valence-electron chi connectivity index (χ3n) is 3.53. The lowest BCUT2D eigenvalue weighted by Gasteiger charge is -2.05. The molecule has 0 atom stereocenters. The lowest BCUT2D eigenvalue weighted by Crippen LogP contribution is -2.13. The van der Waals surface area contributed by atoms with Gasteiger partial charge in [-0.1, -0.05) is 30.3 Å². The molecule has 1 aromatic heterocycles. The predicted octanol–water partition coefficient (Wildman–Crippen LogP) is 3.30. The van der Waals surface area contributed by atoms with Crippen molar-refractivity contribution < 1.29 is 13.9 Å². The van der Waals surface area contributed by atoms with E-state index in [0.717, 1.165) is 11.6 Å². The van der Waals surface area contributed by atoms with E-state index < -0.39 is 11.8 Å². The van der Waals surface area contributed by atoms with Crippen molar-refractivity contribution >= 4 is 5.97 Å². The van der Waals surface area contributed by atoms with Gasteiger partial charge in [-0.3, -0.25) is 9.48 Å². The molecule has 3 aromatic rings. The van der Waals surface area contributed by atoms with Gasteiger partial charge in [-0.25, -0.2) is 4.39 Å². The number of ether oxygens (including phenoxy) is 1. The fourth-order valence-electron chi connectivity index (χ4n) is 2.34. The molecule has 124 valence electrons. The largest absolute Gasteiger partial charge is 0.459 e. The molecule has 6 heteroatoms. The van der Waals surface area contributed by atoms with Crippen molar-refractivity contribution in [3.8, 4) is 17.2 Å². The number of aromatic nitrogens is 2. The molecule has 0 saturated carbocycles. The SMILES string of the molecule is N#Cc1cc(F)cc(-c2cnn(CC(=O)OCc3ccccc3)c2)c1. The molecule has 0 aliphatic carbocycles. The van der Waals surface area contributed by atoms with Crippen LogP contribution in [0.15, 0.2) is 60.9 Å². The molecule has 0 radical (unpaired) electrons. The standard InChI is InChI=1S/C19H14FN3O2/c20-18-7-15(9-21)6-16(8-18)17-10-22-23(11-17)12-19(24)25-13-14-4-2-1-3-5-14/h1-8,10-11H,12-13H2. The smallest absolute Gasteiger partial charge is 0.328 e. The summed E-state index contributed by atoms with van der Waals surface area (Å²) in [6.45, 7) is 0.149. The van der Waals surface area contributed by atoms with Crippen LogP contribution in [0.4, 0.5) is 4.39 Å². The lowest BCUT2D eigenvalue weighted by molar-refractivity contribution is -0.145. The molecule has 0 amide bonds. The van der Waals surface area contributed by atoms with Gasteiger partial charge < -0.3 is 4.74 Å². The second-order valence-electron chi connectivity index (χ2n) is 5.41. The highest BCUT2D eigenvalue weighted by Crippen LogP contribution is 2.21. The summed E-state index contributed by atoms with van der Waals surface area (Å²) in [6, 6.07) is 15.3. The highest BCUT2D eigenvalue weighted by Gasteiger charge is 2.09. The van der Waals surface area contributed by atoms with Gasteiger partial charge in [0, 0.05) is 11.8 Å². The fourth-order valence-corrected chi connectivity index (χ4v) is 2.34. The number of carbonyl (C=O) groups excluding carboxylic acids is 1. The Kier molecular flexibility index (Phi) is 4.86. The zero-order valence-electron chi connectivity index (χ0n) is 13.2. The topological polar surface area (TPSA) is 67.9 Å². The number of esters is 1. The maximum absolute atomic E-state index is 13.5. The molecule has 0 aliphatic rings. The van der Waals surface area contributed by atoms with E-state index in [-0.39, 0.29) is 18.7 Å². The first-order valence-electron chi connectivity index (χ1n) is 7.57. The first-order chi connectivity index (χ1) is 12.1. The lowest BCUT2D eigenvalue weighted by atomic mass is 10.1. The number of benzene rings is 2. The highest BCUT2D eigenvalue weighted by molar-refractivity contribution is 5.70. The molecule has 0 N–H and O–H groups in total. The van der Waals surface area contributed by atoms with Crippen molar-refractivity contribution in [2.45, 2.75) is 13.2 Å². The number of nitriles is 1. The van der Waals surface area contributed by atoms with E-state index in [1.807, 2.05) is 36.4 Å². The number of nitrogens with zero attached hydrogens (tertiary/aromatic N) is 3. The number of hydrogen-bond donors (Lipinski definition) is 0. The van der Waals surface area contributed by atoms with E-state index in [1.165, 1.54) is 16.9 Å². The van der Waals surface area contributed by atoms with Gasteiger partial charge in [0.25, 0.3) is 0 Å². The van der Waals surface area contributed by atoms with Crippen LogP contribution < -0.4 is 0 Å². The molecule has 1 heterocycles. The van der Waals surface area contributed by atoms with E-state index in [4.69, 9.17) is 10.00 Å². The summed E-state index contributed by atoms with van der Waals surface area (Å²) in [5.74, 6) is -0.917. The van der Waals surface area contributed by atoms with Crippen LogP contribution >= 0.6 is 0 Å². The van der Waals surface area contributed by atoms with E-state index in [0.29, 0.717) is 11.1 Å². The first kappa shape index (κ1) is 16.4. The summed E-state index contributed by atoms with van der Waals surface area (Å²) in [5.41, 5.74) is 2.28. The van der Waals surface area contributed by atoms with Crippen LogP contribution in [0, 0.1) is 17.1 Å². The molecule has 3 rings (SSSR count). The highest BCUT2D eigenvalue weighted by atomic mass is 19.1. The van der Waals surface area contributed by atoms with Crippen LogP contribution in [0.2, 0.25) is 0 Å². The van der Waals surface area contributed by atoms with Crippen LogP contribution in [-0.2, 0) is 22.7 Å². The average Bonchev–Trinajstić information content (AvgIpc) is 3.09. The van der Waals surface area contributed by atoms with Gasteiger partial charge in [-0.05, 0) is 29.3 Å². The normalized spacial score (nSPS) is 10.2. The Morgan fingerprint density at radius 3 is 2.76 bits per heavy atom. The zero-order valence-corrected chi connectivity index (χ0v) is 13.2. The number of carbonyl (C=O) groups is 1. The van der Waals surface area contributed by atoms with Crippen molar-refractivity contribution in [1.82, 2.24) is 9.78 Å². The molecular formula is C19H14FN3O2. The molecule has 0 spiro atoms. The molecule has 25 heavy (non-hydrogen) atoms. The van der Waals surface area contributed by atoms with E-state index in [9.17, 15) is 9.18 Å². The molecule has 0 fully saturated rings. The first-order valence-corrected chi connectivity index (χ1v) is 7.57. The van der Waals surface area contributed by atoms with Crippen molar-refractivity contribution in [3.05, 3.63) is 77.9 Å². The fraction of sp³-hybridized carbons (Fsp3) is 0.105. The average molecular weight is 335 g/mol. The van der Waals surface area contributed by atoms with Gasteiger partial charge >= 0.3 is 5.97 Å². The third kappa shape index (κ3) is 4.30. The monoisotopic (exact) mass is 335 g/mol. The number of hydrogen-bond acceptors (Lipinski definition) is 4. The van der Waals surface area contributed by atoms with Crippen LogP contribution in [0.1, 0.15) is 11.1 Å². The molecule has 0 saturated heterocycles. The Balaban J connectivity index is 1.64. The Labute approximate surface area is 143 Å². The molecule has 2 aromatic carbocycles. The molecule has 0 aliphatic heterocycles. The molecule has 5 nitrogen and oxygen atoms in total. The van der Waals surface area contributed by atoms with Gasteiger partial charge in [-0.15, -0.1) is 0 Å². The molecule has 0 bridgehead atoms. The Hall–Kier alpha value is -3.46. The van der Waals surface area contributed by atoms with E-state index >= 15 is 0 Å². The summed E-state index contributed by atoms with van der Waals surface area (Å²) in [6.07, 6.45) is 3.13. The van der Waals surface area contributed by atoms with Gasteiger partial charge in [0.05, 0.1) is 17.8 Å². The minimum Gasteiger partial charge on any atom is -0.459 e. The quantitative estimate of drug-likeness (QED) is 0.671. The summed E-state index contributed by atoms with van der Waals surface area (Å²) in [7, 11) is 0. The van der Waals surface area contributed by atoms with Crippen molar-refractivity contribution in [3.63, 3.8) is 0 Å². The maximum Gasteiger partial charge on any atom is 0.328 e. The summed E-state index contributed by atoms with van der Waals surface area (Å²) < 4.78 is 20.1. The van der Waals surface area contributed by atoms with Gasteiger partial charge in [0.2, 0.25) is 0 Å². The number of halogens is 1. The van der Waals surface area contributed by atoms with Crippen LogP contribution in [0.25, 0.3) is 11.1 Å². The number of rotatable bonds is 5. The van der Waals surface area contributed by atoms with Crippen LogP contribution in [0.5, 0.6) is 0 Å². The minimum atomic E-state index is -0.496. The zero-order chi connectivity index (χ0) is 17.6. The summed E-state index contributed by atoms with van der Waals surface area (Å²) >= 11 is 0. The van der Waals surface area contributed by atoms with Crippen LogP contribution in [-0.4, -0.2) is 15.7 Å². The minimum absolute atomic E-state index is 0.0484. The van der Waals surface area contributed by atoms with E-state index in [2.05, 4.69) is 5.10 Å². The Morgan fingerprint density at radius 1 is 1.20 bits per heavy atom. The van der Waals surface area contributed by atoms with Gasteiger partial charge in [0.15, 0.2) is 0 Å². The third-order valence-corrected chi connectivity index (χ3v) is 3.53. The Bertz CT molecular complexity index is 929. The van der Waals surface area contributed by atoms with Gasteiger partial charge in [0.1, 0.15) is 19.0 Å². The predicted molar refractivity (Wildman–Crippen MR) is 88.6 cm³/mol. The van der Waals surface area contributed by atoms with E-state index in [1.54, 1.807) is 12.3 Å². The second kappa shape index (κ2) is 7.41. The second-order valence-corrected chi connectivity index (χ2v) is 5.41. The van der Waals surface area contributed by atoms with Crippen molar-refractivity contribution in [1.29, 1.82) is 5.26 Å². The summed E-state index contributed by atoms with van der Waals surface area (Å²) in [4.78, 5) is 11.9. The van der Waals surface area contributed by atoms with Crippen molar-refractivity contribution in [2.24, 2.45) is 0 Å².